The van der Waals surface area contributed by atoms with Gasteiger partial charge in [0.2, 0.25) is 0 Å². The van der Waals surface area contributed by atoms with Crippen molar-refractivity contribution in [3.63, 3.8) is 0 Å². The molecule has 1 aliphatic rings. The average molecular weight is 330 g/mol. The summed E-state index contributed by atoms with van der Waals surface area (Å²) in [4.78, 5) is 8.35. The lowest BCUT2D eigenvalue weighted by Crippen LogP contribution is -2.42. The Balaban J connectivity index is 1.96. The van der Waals surface area contributed by atoms with Gasteiger partial charge in [-0.2, -0.15) is 0 Å². The summed E-state index contributed by atoms with van der Waals surface area (Å²) in [5, 5.41) is 8.64. The van der Waals surface area contributed by atoms with Gasteiger partial charge in [-0.15, -0.1) is 0 Å². The fraction of sp³-hybridized carbons (Fsp3) is 0.556. The van der Waals surface area contributed by atoms with Crippen molar-refractivity contribution in [3.8, 4) is 0 Å². The first kappa shape index (κ1) is 18.1. The normalized spacial score (nSPS) is 12.8. The SMILES string of the molecule is CCCCN(CCCN=C(N)N)C(=N)N1Cc2ccc(C)cc2C1. The zero-order valence-electron chi connectivity index (χ0n) is 14.9. The van der Waals surface area contributed by atoms with Crippen molar-refractivity contribution in [1.29, 1.82) is 5.41 Å². The molecule has 0 fully saturated rings. The lowest BCUT2D eigenvalue weighted by Gasteiger charge is -2.31. The largest absolute Gasteiger partial charge is 0.370 e. The molecule has 0 radical (unpaired) electrons. The molecule has 132 valence electrons. The monoisotopic (exact) mass is 330 g/mol. The highest BCUT2D eigenvalue weighted by molar-refractivity contribution is 5.78. The molecule has 0 atom stereocenters. The Morgan fingerprint density at radius 2 is 1.92 bits per heavy atom. The van der Waals surface area contributed by atoms with Gasteiger partial charge in [0.15, 0.2) is 11.9 Å². The number of benzene rings is 1. The Kier molecular flexibility index (Phi) is 6.46. The molecule has 0 amide bonds. The van der Waals surface area contributed by atoms with E-state index >= 15 is 0 Å². The molecule has 1 aliphatic heterocycles. The van der Waals surface area contributed by atoms with Gasteiger partial charge in [-0.1, -0.05) is 37.1 Å². The minimum atomic E-state index is 0.135. The van der Waals surface area contributed by atoms with Gasteiger partial charge in [-0.25, -0.2) is 0 Å². The Bertz CT molecular complexity index is 591. The highest BCUT2D eigenvalue weighted by Crippen LogP contribution is 2.24. The van der Waals surface area contributed by atoms with Crippen LogP contribution in [0.1, 0.15) is 42.9 Å². The zero-order chi connectivity index (χ0) is 17.5. The number of nitrogens with zero attached hydrogens (tertiary/aromatic N) is 3. The van der Waals surface area contributed by atoms with Gasteiger partial charge < -0.3 is 21.3 Å². The fourth-order valence-electron chi connectivity index (χ4n) is 3.02. The highest BCUT2D eigenvalue weighted by atomic mass is 15.4. The first-order valence-corrected chi connectivity index (χ1v) is 8.73. The molecule has 0 bridgehead atoms. The topological polar surface area (TPSA) is 94.7 Å². The van der Waals surface area contributed by atoms with Crippen LogP contribution in [0.4, 0.5) is 0 Å². The Morgan fingerprint density at radius 3 is 2.62 bits per heavy atom. The zero-order valence-corrected chi connectivity index (χ0v) is 14.9. The van der Waals surface area contributed by atoms with E-state index in [1.165, 1.54) is 16.7 Å². The molecule has 0 unspecified atom stereocenters. The van der Waals surface area contributed by atoms with Crippen molar-refractivity contribution < 1.29 is 0 Å². The van der Waals surface area contributed by atoms with Gasteiger partial charge in [0, 0.05) is 32.7 Å². The first-order chi connectivity index (χ1) is 11.5. The van der Waals surface area contributed by atoms with Crippen LogP contribution in [0.3, 0.4) is 0 Å². The molecule has 24 heavy (non-hydrogen) atoms. The van der Waals surface area contributed by atoms with Crippen molar-refractivity contribution >= 4 is 11.9 Å². The summed E-state index contributed by atoms with van der Waals surface area (Å²) >= 11 is 0. The molecule has 0 saturated heterocycles. The third-order valence-electron chi connectivity index (χ3n) is 4.35. The molecular weight excluding hydrogens is 300 g/mol. The number of unbranched alkanes of at least 4 members (excludes halogenated alkanes) is 1. The van der Waals surface area contributed by atoms with Crippen LogP contribution in [-0.2, 0) is 13.1 Å². The van der Waals surface area contributed by atoms with Crippen LogP contribution < -0.4 is 11.5 Å². The minimum Gasteiger partial charge on any atom is -0.370 e. The number of aliphatic imine (C=N–C) groups is 1. The number of fused-ring (bicyclic) bond motifs is 1. The van der Waals surface area contributed by atoms with Crippen molar-refractivity contribution in [2.24, 2.45) is 16.5 Å². The van der Waals surface area contributed by atoms with E-state index < -0.39 is 0 Å². The second-order valence-corrected chi connectivity index (χ2v) is 6.45. The van der Waals surface area contributed by atoms with E-state index in [0.29, 0.717) is 12.5 Å². The molecule has 6 heteroatoms. The number of rotatable bonds is 7. The van der Waals surface area contributed by atoms with Gasteiger partial charge in [0.1, 0.15) is 0 Å². The Morgan fingerprint density at radius 1 is 1.21 bits per heavy atom. The van der Waals surface area contributed by atoms with Crippen LogP contribution in [0, 0.1) is 12.3 Å². The van der Waals surface area contributed by atoms with Crippen molar-refractivity contribution in [3.05, 3.63) is 34.9 Å². The van der Waals surface area contributed by atoms with Crippen LogP contribution >= 0.6 is 0 Å². The summed E-state index contributed by atoms with van der Waals surface area (Å²) in [6, 6.07) is 6.57. The molecule has 1 heterocycles. The van der Waals surface area contributed by atoms with Gasteiger partial charge in [-0.3, -0.25) is 10.4 Å². The number of hydrogen-bond donors (Lipinski definition) is 3. The molecule has 0 aliphatic carbocycles. The van der Waals surface area contributed by atoms with Crippen molar-refractivity contribution in [1.82, 2.24) is 9.80 Å². The van der Waals surface area contributed by atoms with Gasteiger partial charge in [-0.05, 0) is 30.9 Å². The highest BCUT2D eigenvalue weighted by Gasteiger charge is 2.24. The predicted octanol–water partition coefficient (Wildman–Crippen LogP) is 2.01. The second kappa shape index (κ2) is 8.57. The van der Waals surface area contributed by atoms with E-state index in [1.807, 2.05) is 0 Å². The maximum atomic E-state index is 8.64. The number of nitrogens with one attached hydrogen (secondary N) is 1. The third-order valence-corrected chi connectivity index (χ3v) is 4.35. The van der Waals surface area contributed by atoms with Gasteiger partial charge in [0.05, 0.1) is 0 Å². The Labute approximate surface area is 145 Å². The van der Waals surface area contributed by atoms with E-state index in [4.69, 9.17) is 16.9 Å². The van der Waals surface area contributed by atoms with E-state index in [0.717, 1.165) is 45.4 Å². The average Bonchev–Trinajstić information content (AvgIpc) is 2.96. The molecule has 0 saturated carbocycles. The van der Waals surface area contributed by atoms with Crippen LogP contribution in [0.2, 0.25) is 0 Å². The molecule has 5 N–H and O–H groups in total. The van der Waals surface area contributed by atoms with E-state index in [2.05, 4.69) is 46.8 Å². The van der Waals surface area contributed by atoms with Crippen LogP contribution in [0.15, 0.2) is 23.2 Å². The smallest absolute Gasteiger partial charge is 0.194 e. The maximum absolute atomic E-state index is 8.64. The van der Waals surface area contributed by atoms with E-state index in [9.17, 15) is 0 Å². The lowest BCUT2D eigenvalue weighted by molar-refractivity contribution is 0.312. The standard InChI is InChI=1S/C18H30N6/c1-3-4-9-23(10-5-8-22-17(19)20)18(21)24-12-15-7-6-14(2)11-16(15)13-24/h6-7,11,21H,3-5,8-10,12-13H2,1-2H3,(H4,19,20,22). The number of nitrogens with two attached hydrogens (primary N) is 2. The number of hydrogen-bond acceptors (Lipinski definition) is 2. The van der Waals surface area contributed by atoms with E-state index in [1.54, 1.807) is 0 Å². The molecule has 0 spiro atoms. The second-order valence-electron chi connectivity index (χ2n) is 6.45. The van der Waals surface area contributed by atoms with Crippen LogP contribution in [-0.4, -0.2) is 41.4 Å². The summed E-state index contributed by atoms with van der Waals surface area (Å²) in [6.07, 6.45) is 3.06. The van der Waals surface area contributed by atoms with E-state index in [-0.39, 0.29) is 5.96 Å². The first-order valence-electron chi connectivity index (χ1n) is 8.73. The van der Waals surface area contributed by atoms with Gasteiger partial charge in [0.25, 0.3) is 0 Å². The number of aryl methyl sites for hydroxylation is 1. The fourth-order valence-corrected chi connectivity index (χ4v) is 3.02. The maximum Gasteiger partial charge on any atom is 0.194 e. The molecule has 0 aromatic heterocycles. The molecule has 6 nitrogen and oxygen atoms in total. The quantitative estimate of drug-likeness (QED) is 0.405. The van der Waals surface area contributed by atoms with Crippen LogP contribution in [0.5, 0.6) is 0 Å². The van der Waals surface area contributed by atoms with Crippen LogP contribution in [0.25, 0.3) is 0 Å². The molecular formula is C18H30N6. The third kappa shape index (κ3) is 4.88. The lowest BCUT2D eigenvalue weighted by atomic mass is 10.1. The molecule has 1 aromatic carbocycles. The van der Waals surface area contributed by atoms with Crippen molar-refractivity contribution in [2.75, 3.05) is 19.6 Å². The Hall–Kier alpha value is -2.24. The minimum absolute atomic E-state index is 0.135. The number of guanidine groups is 2. The molecule has 1 aromatic rings. The predicted molar refractivity (Wildman–Crippen MR) is 99.9 cm³/mol. The summed E-state index contributed by atoms with van der Waals surface area (Å²) < 4.78 is 0. The van der Waals surface area contributed by atoms with Crippen molar-refractivity contribution in [2.45, 2.75) is 46.2 Å². The summed E-state index contributed by atoms with van der Waals surface area (Å²) in [5.41, 5.74) is 14.7. The summed E-state index contributed by atoms with van der Waals surface area (Å²) in [5.74, 6) is 0.748. The summed E-state index contributed by atoms with van der Waals surface area (Å²) in [6.45, 7) is 8.26. The van der Waals surface area contributed by atoms with Gasteiger partial charge >= 0.3 is 0 Å². The summed E-state index contributed by atoms with van der Waals surface area (Å²) in [7, 11) is 0. The molecule has 2 rings (SSSR count).